The van der Waals surface area contributed by atoms with Gasteiger partial charge >= 0.3 is 0 Å². The van der Waals surface area contributed by atoms with Gasteiger partial charge in [-0.25, -0.2) is 0 Å². The first-order chi connectivity index (χ1) is 7.69. The van der Waals surface area contributed by atoms with E-state index in [-0.39, 0.29) is 6.10 Å². The fraction of sp³-hybridized carbons (Fsp3) is 1.00. The third kappa shape index (κ3) is 5.34. The van der Waals surface area contributed by atoms with Gasteiger partial charge in [-0.15, -0.1) is 0 Å². The van der Waals surface area contributed by atoms with E-state index in [0.717, 1.165) is 6.42 Å². The zero-order valence-electron chi connectivity index (χ0n) is 11.3. The van der Waals surface area contributed by atoms with Crippen LogP contribution in [-0.2, 0) is 0 Å². The van der Waals surface area contributed by atoms with Gasteiger partial charge in [-0.05, 0) is 24.7 Å². The van der Waals surface area contributed by atoms with Crippen molar-refractivity contribution in [2.24, 2.45) is 5.41 Å². The van der Waals surface area contributed by atoms with E-state index in [0.29, 0.717) is 5.41 Å². The predicted octanol–water partition coefficient (Wildman–Crippen LogP) is 4.68. The highest BCUT2D eigenvalue weighted by molar-refractivity contribution is 4.94. The highest BCUT2D eigenvalue weighted by atomic mass is 16.3. The normalized spacial score (nSPS) is 19.7. The number of hydrogen-bond donors (Lipinski definition) is 1. The molecule has 1 heteroatoms. The molecule has 0 heterocycles. The van der Waals surface area contributed by atoms with Crippen molar-refractivity contribution < 1.29 is 5.11 Å². The van der Waals surface area contributed by atoms with E-state index in [1.54, 1.807) is 0 Å². The standard InChI is InChI=1S/C15H30O/c1-3-4-5-6-7-8-9-10-11-14(16)15(2)12-13-15/h14,16H,3-13H2,1-2H3. The number of aliphatic hydroxyl groups is 1. The quantitative estimate of drug-likeness (QED) is 0.536. The molecule has 0 radical (unpaired) electrons. The summed E-state index contributed by atoms with van der Waals surface area (Å²) in [5.74, 6) is 0. The van der Waals surface area contributed by atoms with Gasteiger partial charge in [0.25, 0.3) is 0 Å². The van der Waals surface area contributed by atoms with E-state index < -0.39 is 0 Å². The summed E-state index contributed by atoms with van der Waals surface area (Å²) in [4.78, 5) is 0. The lowest BCUT2D eigenvalue weighted by Crippen LogP contribution is -2.18. The highest BCUT2D eigenvalue weighted by Crippen LogP contribution is 2.49. The van der Waals surface area contributed by atoms with Crippen molar-refractivity contribution in [2.75, 3.05) is 0 Å². The fourth-order valence-corrected chi connectivity index (χ4v) is 2.35. The van der Waals surface area contributed by atoms with Crippen LogP contribution >= 0.6 is 0 Å². The molecule has 1 aliphatic carbocycles. The summed E-state index contributed by atoms with van der Waals surface area (Å²) >= 11 is 0. The Balaban J connectivity index is 1.81. The Morgan fingerprint density at radius 3 is 1.94 bits per heavy atom. The molecule has 1 saturated carbocycles. The van der Waals surface area contributed by atoms with Crippen molar-refractivity contribution in [3.8, 4) is 0 Å². The maximum atomic E-state index is 9.92. The molecule has 1 atom stereocenters. The van der Waals surface area contributed by atoms with E-state index in [1.807, 2.05) is 0 Å². The topological polar surface area (TPSA) is 20.2 Å². The summed E-state index contributed by atoms with van der Waals surface area (Å²) in [5.41, 5.74) is 0.307. The lowest BCUT2D eigenvalue weighted by atomic mass is 9.96. The Hall–Kier alpha value is -0.0400. The van der Waals surface area contributed by atoms with Crippen molar-refractivity contribution in [1.29, 1.82) is 0 Å². The van der Waals surface area contributed by atoms with Gasteiger partial charge in [0.15, 0.2) is 0 Å². The second-order valence-corrected chi connectivity index (χ2v) is 5.93. The van der Waals surface area contributed by atoms with Gasteiger partial charge in [0.2, 0.25) is 0 Å². The minimum atomic E-state index is -0.0207. The van der Waals surface area contributed by atoms with Gasteiger partial charge in [0, 0.05) is 0 Å². The van der Waals surface area contributed by atoms with Crippen LogP contribution < -0.4 is 0 Å². The molecule has 16 heavy (non-hydrogen) atoms. The van der Waals surface area contributed by atoms with Gasteiger partial charge in [0.1, 0.15) is 0 Å². The molecule has 1 aliphatic rings. The monoisotopic (exact) mass is 226 g/mol. The Kier molecular flexibility index (Phi) is 6.41. The number of unbranched alkanes of at least 4 members (excludes halogenated alkanes) is 7. The van der Waals surface area contributed by atoms with Crippen LogP contribution in [-0.4, -0.2) is 11.2 Å². The first-order valence-corrected chi connectivity index (χ1v) is 7.37. The van der Waals surface area contributed by atoms with Crippen LogP contribution in [0.5, 0.6) is 0 Å². The lowest BCUT2D eigenvalue weighted by Gasteiger charge is -2.16. The van der Waals surface area contributed by atoms with Crippen molar-refractivity contribution in [1.82, 2.24) is 0 Å². The van der Waals surface area contributed by atoms with Crippen LogP contribution in [0.2, 0.25) is 0 Å². The van der Waals surface area contributed by atoms with E-state index in [1.165, 1.54) is 64.2 Å². The average molecular weight is 226 g/mol. The van der Waals surface area contributed by atoms with Crippen LogP contribution in [0.25, 0.3) is 0 Å². The summed E-state index contributed by atoms with van der Waals surface area (Å²) in [6.07, 6.45) is 14.4. The zero-order valence-corrected chi connectivity index (χ0v) is 11.3. The van der Waals surface area contributed by atoms with Gasteiger partial charge < -0.3 is 5.11 Å². The third-order valence-electron chi connectivity index (χ3n) is 4.17. The Morgan fingerprint density at radius 1 is 0.938 bits per heavy atom. The van der Waals surface area contributed by atoms with Crippen LogP contribution in [0.1, 0.15) is 84.5 Å². The molecule has 0 saturated heterocycles. The Bertz CT molecular complexity index is 172. The Morgan fingerprint density at radius 2 is 1.44 bits per heavy atom. The van der Waals surface area contributed by atoms with Crippen LogP contribution in [0, 0.1) is 5.41 Å². The first kappa shape index (κ1) is 14.0. The van der Waals surface area contributed by atoms with Crippen molar-refractivity contribution >= 4 is 0 Å². The number of hydrogen-bond acceptors (Lipinski definition) is 1. The van der Waals surface area contributed by atoms with Crippen molar-refractivity contribution in [2.45, 2.75) is 90.6 Å². The molecule has 1 nitrogen and oxygen atoms in total. The predicted molar refractivity (Wildman–Crippen MR) is 70.6 cm³/mol. The van der Waals surface area contributed by atoms with E-state index >= 15 is 0 Å². The second-order valence-electron chi connectivity index (χ2n) is 5.93. The SMILES string of the molecule is CCCCCCCCCCC(O)C1(C)CC1. The molecule has 0 aromatic heterocycles. The molecule has 1 fully saturated rings. The maximum absolute atomic E-state index is 9.92. The van der Waals surface area contributed by atoms with E-state index in [2.05, 4.69) is 13.8 Å². The van der Waals surface area contributed by atoms with Crippen molar-refractivity contribution in [3.05, 3.63) is 0 Å². The molecule has 1 rings (SSSR count). The van der Waals surface area contributed by atoms with Crippen LogP contribution in [0.3, 0.4) is 0 Å². The largest absolute Gasteiger partial charge is 0.393 e. The van der Waals surface area contributed by atoms with Crippen LogP contribution in [0.15, 0.2) is 0 Å². The molecule has 0 bridgehead atoms. The minimum Gasteiger partial charge on any atom is -0.393 e. The summed E-state index contributed by atoms with van der Waals surface area (Å²) < 4.78 is 0. The molecule has 96 valence electrons. The number of aliphatic hydroxyl groups excluding tert-OH is 1. The molecule has 0 aromatic rings. The van der Waals surface area contributed by atoms with Crippen molar-refractivity contribution in [3.63, 3.8) is 0 Å². The van der Waals surface area contributed by atoms with Gasteiger partial charge in [-0.1, -0.05) is 65.2 Å². The maximum Gasteiger partial charge on any atom is 0.0593 e. The highest BCUT2D eigenvalue weighted by Gasteiger charge is 2.43. The van der Waals surface area contributed by atoms with E-state index in [9.17, 15) is 5.11 Å². The van der Waals surface area contributed by atoms with Gasteiger partial charge in [0.05, 0.1) is 6.10 Å². The number of rotatable bonds is 10. The minimum absolute atomic E-state index is 0.0207. The summed E-state index contributed by atoms with van der Waals surface area (Å²) in [5, 5.41) is 9.92. The smallest absolute Gasteiger partial charge is 0.0593 e. The van der Waals surface area contributed by atoms with Gasteiger partial charge in [-0.2, -0.15) is 0 Å². The third-order valence-corrected chi connectivity index (χ3v) is 4.17. The summed E-state index contributed by atoms with van der Waals surface area (Å²) in [7, 11) is 0. The van der Waals surface area contributed by atoms with Gasteiger partial charge in [-0.3, -0.25) is 0 Å². The van der Waals surface area contributed by atoms with E-state index in [4.69, 9.17) is 0 Å². The molecular formula is C15H30O. The fourth-order valence-electron chi connectivity index (χ4n) is 2.35. The van der Waals surface area contributed by atoms with Crippen LogP contribution in [0.4, 0.5) is 0 Å². The summed E-state index contributed by atoms with van der Waals surface area (Å²) in [6, 6.07) is 0. The first-order valence-electron chi connectivity index (χ1n) is 7.37. The average Bonchev–Trinajstić information content (AvgIpc) is 3.01. The molecule has 0 spiro atoms. The molecule has 1 unspecified atom stereocenters. The lowest BCUT2D eigenvalue weighted by molar-refractivity contribution is 0.0913. The second kappa shape index (κ2) is 7.32. The molecular weight excluding hydrogens is 196 g/mol. The molecule has 0 aliphatic heterocycles. The molecule has 1 N–H and O–H groups in total. The Labute approximate surface area is 102 Å². The molecule has 0 amide bonds. The zero-order chi connectivity index (χ0) is 11.9. The molecule has 0 aromatic carbocycles. The summed E-state index contributed by atoms with van der Waals surface area (Å²) in [6.45, 7) is 4.49.